The number of nitrogens with one attached hydrogen (secondary N) is 1. The van der Waals surface area contributed by atoms with Gasteiger partial charge in [0.2, 0.25) is 0 Å². The van der Waals surface area contributed by atoms with E-state index in [0.29, 0.717) is 12.5 Å². The third-order valence-corrected chi connectivity index (χ3v) is 4.09. The molecule has 1 aromatic carbocycles. The van der Waals surface area contributed by atoms with Gasteiger partial charge in [-0.2, -0.15) is 0 Å². The Morgan fingerprint density at radius 3 is 2.81 bits per heavy atom. The van der Waals surface area contributed by atoms with Gasteiger partial charge in [-0.1, -0.05) is 38.7 Å². The number of benzene rings is 1. The first kappa shape index (κ1) is 16.2. The maximum absolute atomic E-state index is 13.9. The van der Waals surface area contributed by atoms with Gasteiger partial charge in [0.15, 0.2) is 11.6 Å². The topological polar surface area (TPSA) is 41.5 Å². The van der Waals surface area contributed by atoms with Crippen LogP contribution in [0, 0.1) is 11.7 Å². The molecule has 118 valence electrons. The Labute approximate surface area is 126 Å². The van der Waals surface area contributed by atoms with Gasteiger partial charge in [0.05, 0.1) is 6.10 Å². The normalized spacial score (nSPS) is 17.1. The fourth-order valence-corrected chi connectivity index (χ4v) is 2.93. The fraction of sp³-hybridized carbons (Fsp3) is 0.647. The summed E-state index contributed by atoms with van der Waals surface area (Å²) in [7, 11) is 0. The molecule has 2 rings (SSSR count). The highest BCUT2D eigenvalue weighted by Gasteiger charge is 2.19. The number of aliphatic hydroxyl groups excluding tert-OH is 1. The summed E-state index contributed by atoms with van der Waals surface area (Å²) in [6.07, 6.45) is 5.18. The van der Waals surface area contributed by atoms with Gasteiger partial charge >= 0.3 is 0 Å². The van der Waals surface area contributed by atoms with Crippen molar-refractivity contribution in [1.82, 2.24) is 5.32 Å². The first-order chi connectivity index (χ1) is 10.2. The lowest BCUT2D eigenvalue weighted by Gasteiger charge is -2.16. The lowest BCUT2D eigenvalue weighted by Crippen LogP contribution is -2.20. The van der Waals surface area contributed by atoms with E-state index >= 15 is 0 Å². The van der Waals surface area contributed by atoms with Crippen molar-refractivity contribution in [3.63, 3.8) is 0 Å². The molecule has 0 bridgehead atoms. The summed E-state index contributed by atoms with van der Waals surface area (Å²) in [6.45, 7) is 3.69. The van der Waals surface area contributed by atoms with E-state index in [1.807, 2.05) is 13.0 Å². The van der Waals surface area contributed by atoms with Gasteiger partial charge in [-0.25, -0.2) is 4.39 Å². The zero-order valence-corrected chi connectivity index (χ0v) is 12.8. The molecule has 0 heterocycles. The maximum atomic E-state index is 13.9. The van der Waals surface area contributed by atoms with Gasteiger partial charge in [-0.3, -0.25) is 0 Å². The number of hydrogen-bond donors (Lipinski definition) is 2. The van der Waals surface area contributed by atoms with Gasteiger partial charge in [0.1, 0.15) is 6.61 Å². The molecular weight excluding hydrogens is 269 g/mol. The molecule has 0 saturated heterocycles. The number of aliphatic hydroxyl groups is 1. The molecule has 0 spiro atoms. The minimum atomic E-state index is -0.506. The Balaban J connectivity index is 1.79. The molecule has 0 aromatic heterocycles. The lowest BCUT2D eigenvalue weighted by atomic mass is 10.0. The van der Waals surface area contributed by atoms with Crippen molar-refractivity contribution in [3.05, 3.63) is 29.6 Å². The van der Waals surface area contributed by atoms with Crippen molar-refractivity contribution in [2.24, 2.45) is 5.92 Å². The first-order valence-electron chi connectivity index (χ1n) is 7.99. The molecule has 1 unspecified atom stereocenters. The molecule has 1 aliphatic carbocycles. The average molecular weight is 295 g/mol. The van der Waals surface area contributed by atoms with Crippen LogP contribution >= 0.6 is 0 Å². The molecule has 4 heteroatoms. The van der Waals surface area contributed by atoms with E-state index in [-0.39, 0.29) is 18.2 Å². The summed E-state index contributed by atoms with van der Waals surface area (Å²) < 4.78 is 19.3. The Bertz CT molecular complexity index is 433. The van der Waals surface area contributed by atoms with Gasteiger partial charge in [0.25, 0.3) is 0 Å². The highest BCUT2D eigenvalue weighted by Crippen LogP contribution is 2.28. The van der Waals surface area contributed by atoms with Crippen molar-refractivity contribution in [2.45, 2.75) is 51.7 Å². The molecule has 1 fully saturated rings. The van der Waals surface area contributed by atoms with Crippen LogP contribution < -0.4 is 10.1 Å². The van der Waals surface area contributed by atoms with Crippen LogP contribution in [0.1, 0.15) is 44.6 Å². The Kier molecular flexibility index (Phi) is 6.46. The molecule has 1 aliphatic rings. The predicted octanol–water partition coefficient (Wildman–Crippen LogP) is 3.26. The van der Waals surface area contributed by atoms with Crippen LogP contribution in [0.15, 0.2) is 18.2 Å². The average Bonchev–Trinajstić information content (AvgIpc) is 2.97. The minimum absolute atomic E-state index is 0.167. The molecule has 3 nitrogen and oxygen atoms in total. The van der Waals surface area contributed by atoms with E-state index in [9.17, 15) is 9.50 Å². The molecule has 1 atom stereocenters. The molecule has 0 aliphatic heterocycles. The van der Waals surface area contributed by atoms with Crippen molar-refractivity contribution >= 4 is 0 Å². The van der Waals surface area contributed by atoms with Crippen LogP contribution in [0.4, 0.5) is 4.39 Å². The molecule has 0 amide bonds. The van der Waals surface area contributed by atoms with E-state index in [0.717, 1.165) is 18.5 Å². The van der Waals surface area contributed by atoms with Crippen LogP contribution in [-0.4, -0.2) is 24.4 Å². The second-order valence-corrected chi connectivity index (χ2v) is 5.90. The Morgan fingerprint density at radius 1 is 1.38 bits per heavy atom. The van der Waals surface area contributed by atoms with Crippen molar-refractivity contribution in [1.29, 1.82) is 0 Å². The standard InChI is InChI=1S/C17H26FNO2/c1-2-19-11-14-7-8-17(16(18)10-14)21-12-15(20)9-13-5-3-4-6-13/h7-8,10,13,15,19-20H,2-6,9,11-12H2,1H3. The van der Waals surface area contributed by atoms with Crippen LogP contribution in [0.25, 0.3) is 0 Å². The van der Waals surface area contributed by atoms with Crippen molar-refractivity contribution in [2.75, 3.05) is 13.2 Å². The van der Waals surface area contributed by atoms with E-state index in [2.05, 4.69) is 5.32 Å². The highest BCUT2D eigenvalue weighted by molar-refractivity contribution is 5.29. The number of halogens is 1. The predicted molar refractivity (Wildman–Crippen MR) is 81.9 cm³/mol. The molecule has 21 heavy (non-hydrogen) atoms. The van der Waals surface area contributed by atoms with Crippen molar-refractivity contribution in [3.8, 4) is 5.75 Å². The maximum Gasteiger partial charge on any atom is 0.165 e. The van der Waals surface area contributed by atoms with Crippen LogP contribution in [-0.2, 0) is 6.54 Å². The van der Waals surface area contributed by atoms with E-state index in [4.69, 9.17) is 4.74 Å². The monoisotopic (exact) mass is 295 g/mol. The number of hydrogen-bond acceptors (Lipinski definition) is 3. The molecule has 0 radical (unpaired) electrons. The molecule has 1 aromatic rings. The van der Waals surface area contributed by atoms with Crippen molar-refractivity contribution < 1.29 is 14.2 Å². The summed E-state index contributed by atoms with van der Waals surface area (Å²) in [5.74, 6) is 0.468. The second-order valence-electron chi connectivity index (χ2n) is 5.90. The van der Waals surface area contributed by atoms with Gasteiger partial charge in [-0.05, 0) is 36.6 Å². The van der Waals surface area contributed by atoms with E-state index < -0.39 is 6.10 Å². The van der Waals surface area contributed by atoms with E-state index in [1.165, 1.54) is 31.7 Å². The third kappa shape index (κ3) is 5.29. The largest absolute Gasteiger partial charge is 0.488 e. The number of ether oxygens (including phenoxy) is 1. The Hall–Kier alpha value is -1.13. The van der Waals surface area contributed by atoms with E-state index in [1.54, 1.807) is 6.07 Å². The van der Waals surface area contributed by atoms with Crippen LogP contribution in [0.5, 0.6) is 5.75 Å². The minimum Gasteiger partial charge on any atom is -0.488 e. The quantitative estimate of drug-likeness (QED) is 0.773. The summed E-state index contributed by atoms with van der Waals surface area (Å²) in [5, 5.41) is 13.1. The van der Waals surface area contributed by atoms with Gasteiger partial charge in [0, 0.05) is 6.54 Å². The van der Waals surface area contributed by atoms with Crippen LogP contribution in [0.2, 0.25) is 0 Å². The summed E-state index contributed by atoms with van der Waals surface area (Å²) in [6, 6.07) is 4.98. The smallest absolute Gasteiger partial charge is 0.165 e. The zero-order valence-electron chi connectivity index (χ0n) is 12.8. The summed E-state index contributed by atoms with van der Waals surface area (Å²) in [5.41, 5.74) is 0.896. The third-order valence-electron chi connectivity index (χ3n) is 4.09. The number of rotatable bonds is 8. The van der Waals surface area contributed by atoms with Gasteiger partial charge < -0.3 is 15.2 Å². The SMILES string of the molecule is CCNCc1ccc(OCC(O)CC2CCCC2)c(F)c1. The molecule has 2 N–H and O–H groups in total. The summed E-state index contributed by atoms with van der Waals surface area (Å²) in [4.78, 5) is 0. The Morgan fingerprint density at radius 2 is 2.14 bits per heavy atom. The molecular formula is C17H26FNO2. The fourth-order valence-electron chi connectivity index (χ4n) is 2.93. The van der Waals surface area contributed by atoms with Gasteiger partial charge in [-0.15, -0.1) is 0 Å². The highest BCUT2D eigenvalue weighted by atomic mass is 19.1. The lowest BCUT2D eigenvalue weighted by molar-refractivity contribution is 0.0837. The first-order valence-corrected chi connectivity index (χ1v) is 7.99. The van der Waals surface area contributed by atoms with Crippen LogP contribution in [0.3, 0.4) is 0 Å². The molecule has 1 saturated carbocycles. The zero-order chi connectivity index (χ0) is 15.1. The summed E-state index contributed by atoms with van der Waals surface area (Å²) >= 11 is 0. The second kappa shape index (κ2) is 8.35.